The summed E-state index contributed by atoms with van der Waals surface area (Å²) in [5, 5.41) is 0. The zero-order chi connectivity index (χ0) is 57.1. The van der Waals surface area contributed by atoms with Crippen molar-refractivity contribution >= 4 is 17.9 Å². The Balaban J connectivity index is 4.18. The Labute approximate surface area is 493 Å². The van der Waals surface area contributed by atoms with Crippen molar-refractivity contribution in [2.24, 2.45) is 0 Å². The van der Waals surface area contributed by atoms with E-state index in [0.717, 1.165) is 70.6 Å². The van der Waals surface area contributed by atoms with Gasteiger partial charge in [-0.25, -0.2) is 0 Å². The van der Waals surface area contributed by atoms with Gasteiger partial charge in [0.25, 0.3) is 0 Å². The van der Waals surface area contributed by atoms with Gasteiger partial charge in [0.15, 0.2) is 6.10 Å². The van der Waals surface area contributed by atoms with E-state index in [9.17, 15) is 14.4 Å². The van der Waals surface area contributed by atoms with Gasteiger partial charge in [-0.1, -0.05) is 333 Å². The molecule has 1 atom stereocenters. The molecule has 0 aliphatic carbocycles. The van der Waals surface area contributed by atoms with Crippen molar-refractivity contribution in [1.29, 1.82) is 0 Å². The van der Waals surface area contributed by atoms with Crippen LogP contribution in [0.25, 0.3) is 0 Å². The normalized spacial score (nSPS) is 12.2. The zero-order valence-electron chi connectivity index (χ0n) is 53.4. The Hall–Kier alpha value is -2.37. The molecule has 0 fully saturated rings. The number of hydrogen-bond acceptors (Lipinski definition) is 6. The number of hydrogen-bond donors (Lipinski definition) is 0. The molecule has 0 aromatic rings. The second-order valence-corrected chi connectivity index (χ2v) is 24.1. The number of ether oxygens (including phenoxy) is 3. The zero-order valence-corrected chi connectivity index (χ0v) is 53.4. The van der Waals surface area contributed by atoms with Crippen LogP contribution in [0.1, 0.15) is 393 Å². The molecule has 0 N–H and O–H groups in total. The van der Waals surface area contributed by atoms with E-state index in [1.165, 1.54) is 283 Å². The fraction of sp³-hybridized carbons (Fsp3) is 0.877. The summed E-state index contributed by atoms with van der Waals surface area (Å²) in [7, 11) is 0. The lowest BCUT2D eigenvalue weighted by molar-refractivity contribution is -0.167. The third-order valence-corrected chi connectivity index (χ3v) is 16.1. The molecule has 6 nitrogen and oxygen atoms in total. The van der Waals surface area contributed by atoms with E-state index >= 15 is 0 Å². The van der Waals surface area contributed by atoms with Crippen LogP contribution in [-0.2, 0) is 28.6 Å². The van der Waals surface area contributed by atoms with Crippen LogP contribution in [-0.4, -0.2) is 37.2 Å². The number of esters is 3. The first kappa shape index (κ1) is 76.6. The Morgan fingerprint density at radius 1 is 0.253 bits per heavy atom. The number of carbonyl (C=O) groups is 3. The number of unbranched alkanes of at least 4 members (excludes halogenated alkanes) is 49. The van der Waals surface area contributed by atoms with Crippen LogP contribution in [0.4, 0.5) is 0 Å². The SMILES string of the molecule is CCCCC/C=C\CCCCCCCC(=O)OCC(COC(=O)CCCCCCCCCCCCCCCCCCCCCCCCCCCCCC)OC(=O)CCCCCCCCCCC/C=C\C/C=C\CCCCCCC. The van der Waals surface area contributed by atoms with Gasteiger partial charge in [-0.05, 0) is 77.0 Å². The van der Waals surface area contributed by atoms with Crippen molar-refractivity contribution in [3.63, 3.8) is 0 Å². The van der Waals surface area contributed by atoms with Crippen LogP contribution in [0, 0.1) is 0 Å². The molecule has 1 unspecified atom stereocenters. The second-order valence-electron chi connectivity index (χ2n) is 24.1. The van der Waals surface area contributed by atoms with Crippen molar-refractivity contribution in [2.75, 3.05) is 13.2 Å². The minimum atomic E-state index is -0.777. The van der Waals surface area contributed by atoms with Gasteiger partial charge in [0.1, 0.15) is 13.2 Å². The predicted molar refractivity (Wildman–Crippen MR) is 344 cm³/mol. The first-order valence-electron chi connectivity index (χ1n) is 35.5. The molecule has 0 saturated carbocycles. The van der Waals surface area contributed by atoms with Crippen molar-refractivity contribution in [2.45, 2.75) is 399 Å². The minimum absolute atomic E-state index is 0.0720. The highest BCUT2D eigenvalue weighted by atomic mass is 16.6. The van der Waals surface area contributed by atoms with Gasteiger partial charge < -0.3 is 14.2 Å². The molecule has 0 saturated heterocycles. The molecule has 0 spiro atoms. The van der Waals surface area contributed by atoms with E-state index in [2.05, 4.69) is 57.2 Å². The molecule has 0 aliphatic rings. The average Bonchev–Trinajstić information content (AvgIpc) is 3.45. The molecule has 0 bridgehead atoms. The largest absolute Gasteiger partial charge is 0.462 e. The minimum Gasteiger partial charge on any atom is -0.462 e. The summed E-state index contributed by atoms with van der Waals surface area (Å²) >= 11 is 0. The lowest BCUT2D eigenvalue weighted by atomic mass is 10.0. The van der Waals surface area contributed by atoms with Gasteiger partial charge in [-0.15, -0.1) is 0 Å². The molecule has 0 amide bonds. The van der Waals surface area contributed by atoms with E-state index in [0.29, 0.717) is 19.3 Å². The number of allylic oxidation sites excluding steroid dienone is 6. The van der Waals surface area contributed by atoms with Crippen molar-refractivity contribution < 1.29 is 28.6 Å². The van der Waals surface area contributed by atoms with Crippen LogP contribution in [0.3, 0.4) is 0 Å². The monoisotopic (exact) mass is 1110 g/mol. The maximum Gasteiger partial charge on any atom is 0.306 e. The van der Waals surface area contributed by atoms with Crippen molar-refractivity contribution in [1.82, 2.24) is 0 Å². The smallest absolute Gasteiger partial charge is 0.306 e. The summed E-state index contributed by atoms with van der Waals surface area (Å²) in [6.45, 7) is 6.67. The maximum absolute atomic E-state index is 12.9. The first-order valence-corrected chi connectivity index (χ1v) is 35.5. The quantitative estimate of drug-likeness (QED) is 0.0261. The predicted octanol–water partition coefficient (Wildman–Crippen LogP) is 24.3. The average molecular weight is 1110 g/mol. The van der Waals surface area contributed by atoms with E-state index in [4.69, 9.17) is 14.2 Å². The summed E-state index contributed by atoms with van der Waals surface area (Å²) in [5.41, 5.74) is 0. The lowest BCUT2D eigenvalue weighted by Gasteiger charge is -2.18. The molecule has 6 heteroatoms. The topological polar surface area (TPSA) is 78.9 Å². The number of rotatable bonds is 66. The summed E-state index contributed by atoms with van der Waals surface area (Å²) in [6.07, 6.45) is 84.7. The highest BCUT2D eigenvalue weighted by Crippen LogP contribution is 2.19. The fourth-order valence-electron chi connectivity index (χ4n) is 10.8. The van der Waals surface area contributed by atoms with Crippen molar-refractivity contribution in [3.8, 4) is 0 Å². The molecule has 0 heterocycles. The third kappa shape index (κ3) is 66.3. The highest BCUT2D eigenvalue weighted by molar-refractivity contribution is 5.71. The third-order valence-electron chi connectivity index (χ3n) is 16.1. The van der Waals surface area contributed by atoms with E-state index in [1.54, 1.807) is 0 Å². The van der Waals surface area contributed by atoms with Gasteiger partial charge >= 0.3 is 17.9 Å². The maximum atomic E-state index is 12.9. The Kier molecular flexibility index (Phi) is 66.1. The Morgan fingerprint density at radius 2 is 0.456 bits per heavy atom. The van der Waals surface area contributed by atoms with Crippen LogP contribution in [0.2, 0.25) is 0 Å². The molecule has 0 aromatic heterocycles. The van der Waals surface area contributed by atoms with Crippen LogP contribution in [0.5, 0.6) is 0 Å². The highest BCUT2D eigenvalue weighted by Gasteiger charge is 2.19. The van der Waals surface area contributed by atoms with Crippen LogP contribution in [0.15, 0.2) is 36.5 Å². The molecular formula is C73H136O6. The lowest BCUT2D eigenvalue weighted by Crippen LogP contribution is -2.30. The van der Waals surface area contributed by atoms with Gasteiger partial charge in [0, 0.05) is 19.3 Å². The van der Waals surface area contributed by atoms with Gasteiger partial charge in [0.05, 0.1) is 0 Å². The number of carbonyl (C=O) groups excluding carboxylic acids is 3. The van der Waals surface area contributed by atoms with E-state index in [1.807, 2.05) is 0 Å². The summed E-state index contributed by atoms with van der Waals surface area (Å²) in [5.74, 6) is -0.860. The van der Waals surface area contributed by atoms with Gasteiger partial charge in [-0.3, -0.25) is 14.4 Å². The molecular weight excluding hydrogens is 973 g/mol. The molecule has 0 aliphatic heterocycles. The summed E-state index contributed by atoms with van der Waals surface area (Å²) < 4.78 is 17.0. The Morgan fingerprint density at radius 3 is 0.734 bits per heavy atom. The van der Waals surface area contributed by atoms with Crippen LogP contribution >= 0.6 is 0 Å². The summed E-state index contributed by atoms with van der Waals surface area (Å²) in [4.78, 5) is 38.4. The fourth-order valence-corrected chi connectivity index (χ4v) is 10.8. The standard InChI is InChI=1S/C73H136O6/c1-4-7-10-13-16-19-22-25-27-29-31-33-34-35-36-37-38-39-41-42-44-46-48-51-54-57-60-63-66-72(75)78-69-70(68-77-71(74)65-62-59-56-53-50-24-21-18-15-12-9-6-3)79-73(76)67-64-61-58-55-52-49-47-45-43-40-32-30-28-26-23-20-17-14-11-8-5-2/h18,21,23,26,30,32,70H,4-17,19-20,22,24-25,27-29,31,33-69H2,1-3H3/b21-18-,26-23-,32-30-. The molecule has 0 radical (unpaired) electrons. The van der Waals surface area contributed by atoms with E-state index in [-0.39, 0.29) is 31.1 Å². The molecule has 464 valence electrons. The summed E-state index contributed by atoms with van der Waals surface area (Å²) in [6, 6.07) is 0. The Bertz CT molecular complexity index is 1320. The van der Waals surface area contributed by atoms with E-state index < -0.39 is 6.10 Å². The van der Waals surface area contributed by atoms with Gasteiger partial charge in [0.2, 0.25) is 0 Å². The van der Waals surface area contributed by atoms with Crippen molar-refractivity contribution in [3.05, 3.63) is 36.5 Å². The second kappa shape index (κ2) is 68.1. The van der Waals surface area contributed by atoms with Crippen LogP contribution < -0.4 is 0 Å². The first-order chi connectivity index (χ1) is 39.0. The molecule has 79 heavy (non-hydrogen) atoms. The van der Waals surface area contributed by atoms with Gasteiger partial charge in [-0.2, -0.15) is 0 Å². The molecule has 0 aromatic carbocycles. The molecule has 0 rings (SSSR count).